The molecule has 1 aliphatic heterocycles. The van der Waals surface area contributed by atoms with E-state index in [-0.39, 0.29) is 18.6 Å². The summed E-state index contributed by atoms with van der Waals surface area (Å²) in [5.41, 5.74) is 2.19. The van der Waals surface area contributed by atoms with Gasteiger partial charge in [-0.15, -0.1) is 0 Å². The predicted octanol–water partition coefficient (Wildman–Crippen LogP) is 1.06. The van der Waals surface area contributed by atoms with Crippen LogP contribution in [0.2, 0.25) is 0 Å². The summed E-state index contributed by atoms with van der Waals surface area (Å²) in [6.45, 7) is 1.51. The number of benzene rings is 1. The fraction of sp³-hybridized carbons (Fsp3) is 0.316. The number of nitrogens with zero attached hydrogens (tertiary/aromatic N) is 4. The standard InChI is InChI=1S/C19H19N5O5/c1-27-19(26)13-6-14(9-20-8-13)29-11-15-10-24(4-5-28-15)18(25)12-2-3-16-17(7-12)22-23-21-16/h2-3,6-9,15H,4-5,10-11H2,1H3,(H,21,22,23). The van der Waals surface area contributed by atoms with Gasteiger partial charge < -0.3 is 19.1 Å². The largest absolute Gasteiger partial charge is 0.489 e. The Labute approximate surface area is 165 Å². The first-order valence-electron chi connectivity index (χ1n) is 9.01. The smallest absolute Gasteiger partial charge is 0.339 e. The van der Waals surface area contributed by atoms with Crippen LogP contribution in [0.3, 0.4) is 0 Å². The number of methoxy groups -OCH3 is 1. The highest BCUT2D eigenvalue weighted by Gasteiger charge is 2.26. The molecule has 3 aromatic rings. The first-order valence-corrected chi connectivity index (χ1v) is 9.01. The molecule has 1 unspecified atom stereocenters. The minimum absolute atomic E-state index is 0.0995. The Bertz CT molecular complexity index is 1040. The van der Waals surface area contributed by atoms with Crippen molar-refractivity contribution < 1.29 is 23.8 Å². The summed E-state index contributed by atoms with van der Waals surface area (Å²) in [6.07, 6.45) is 2.61. The molecule has 10 nitrogen and oxygen atoms in total. The second-order valence-corrected chi connectivity index (χ2v) is 6.48. The maximum atomic E-state index is 12.8. The Balaban J connectivity index is 1.38. The molecule has 0 aliphatic carbocycles. The van der Waals surface area contributed by atoms with Crippen LogP contribution < -0.4 is 4.74 Å². The molecule has 1 amide bonds. The zero-order chi connectivity index (χ0) is 20.2. The fourth-order valence-corrected chi connectivity index (χ4v) is 3.08. The Morgan fingerprint density at radius 1 is 1.21 bits per heavy atom. The van der Waals surface area contributed by atoms with E-state index in [9.17, 15) is 9.59 Å². The molecule has 0 bridgehead atoms. The van der Waals surface area contributed by atoms with E-state index in [2.05, 4.69) is 25.1 Å². The summed E-state index contributed by atoms with van der Waals surface area (Å²) in [4.78, 5) is 30.1. The van der Waals surface area contributed by atoms with E-state index in [0.29, 0.717) is 47.6 Å². The molecule has 1 atom stereocenters. The zero-order valence-corrected chi connectivity index (χ0v) is 15.7. The Kier molecular flexibility index (Phi) is 5.34. The number of aromatic amines is 1. The molecule has 10 heteroatoms. The highest BCUT2D eigenvalue weighted by Crippen LogP contribution is 2.17. The van der Waals surface area contributed by atoms with Crippen LogP contribution in [0.5, 0.6) is 5.75 Å². The van der Waals surface area contributed by atoms with Crippen LogP contribution in [0, 0.1) is 0 Å². The number of nitrogens with one attached hydrogen (secondary N) is 1. The first-order chi connectivity index (χ1) is 14.1. The number of hydrogen-bond acceptors (Lipinski definition) is 8. The van der Waals surface area contributed by atoms with Gasteiger partial charge in [-0.05, 0) is 24.3 Å². The molecule has 2 aromatic heterocycles. The van der Waals surface area contributed by atoms with Crippen molar-refractivity contribution in [2.24, 2.45) is 0 Å². The van der Waals surface area contributed by atoms with E-state index >= 15 is 0 Å². The van der Waals surface area contributed by atoms with Gasteiger partial charge in [-0.1, -0.05) is 0 Å². The molecule has 0 saturated carbocycles. The number of carbonyl (C=O) groups is 2. The molecule has 1 saturated heterocycles. The van der Waals surface area contributed by atoms with Gasteiger partial charge in [0, 0.05) is 18.3 Å². The van der Waals surface area contributed by atoms with E-state index in [1.807, 2.05) is 0 Å². The average Bonchev–Trinajstić information content (AvgIpc) is 3.25. The van der Waals surface area contributed by atoms with Gasteiger partial charge >= 0.3 is 5.97 Å². The van der Waals surface area contributed by atoms with Crippen molar-refractivity contribution in [1.29, 1.82) is 0 Å². The number of morpholine rings is 1. The number of hydrogen-bond donors (Lipinski definition) is 1. The zero-order valence-electron chi connectivity index (χ0n) is 15.7. The van der Waals surface area contributed by atoms with Crippen molar-refractivity contribution in [2.75, 3.05) is 33.4 Å². The number of carbonyl (C=O) groups excluding carboxylic acids is 2. The number of ether oxygens (including phenoxy) is 3. The third-order valence-corrected chi connectivity index (χ3v) is 4.56. The van der Waals surface area contributed by atoms with Crippen LogP contribution in [-0.2, 0) is 9.47 Å². The number of amides is 1. The Morgan fingerprint density at radius 3 is 2.93 bits per heavy atom. The SMILES string of the molecule is COC(=O)c1cncc(OCC2CN(C(=O)c3ccc4n[nH]nc4c3)CCO2)c1. The molecule has 0 radical (unpaired) electrons. The molecule has 4 rings (SSSR count). The van der Waals surface area contributed by atoms with Gasteiger partial charge in [0.2, 0.25) is 0 Å². The van der Waals surface area contributed by atoms with Crippen molar-refractivity contribution >= 4 is 22.9 Å². The van der Waals surface area contributed by atoms with Crippen LogP contribution in [0.15, 0.2) is 36.7 Å². The number of fused-ring (bicyclic) bond motifs is 1. The molecule has 1 aliphatic rings. The maximum Gasteiger partial charge on any atom is 0.339 e. The molecular weight excluding hydrogens is 378 g/mol. The van der Waals surface area contributed by atoms with E-state index in [1.54, 1.807) is 29.2 Å². The summed E-state index contributed by atoms with van der Waals surface area (Å²) in [7, 11) is 1.30. The van der Waals surface area contributed by atoms with Crippen LogP contribution in [0.1, 0.15) is 20.7 Å². The lowest BCUT2D eigenvalue weighted by Gasteiger charge is -2.32. The van der Waals surface area contributed by atoms with Crippen LogP contribution >= 0.6 is 0 Å². The molecular formula is C19H19N5O5. The lowest BCUT2D eigenvalue weighted by Crippen LogP contribution is -2.47. The number of rotatable bonds is 5. The summed E-state index contributed by atoms with van der Waals surface area (Å²) < 4.78 is 16.1. The van der Waals surface area contributed by atoms with Crippen molar-refractivity contribution in [3.63, 3.8) is 0 Å². The Morgan fingerprint density at radius 2 is 2.07 bits per heavy atom. The average molecular weight is 397 g/mol. The Hall–Kier alpha value is -3.53. The van der Waals surface area contributed by atoms with Crippen molar-refractivity contribution in [3.8, 4) is 5.75 Å². The predicted molar refractivity (Wildman–Crippen MR) is 101 cm³/mol. The van der Waals surface area contributed by atoms with Crippen molar-refractivity contribution in [1.82, 2.24) is 25.3 Å². The number of aromatic nitrogens is 4. The van der Waals surface area contributed by atoms with Gasteiger partial charge in [-0.2, -0.15) is 15.4 Å². The van der Waals surface area contributed by atoms with Crippen LogP contribution in [0.25, 0.3) is 11.0 Å². The molecule has 3 heterocycles. The monoisotopic (exact) mass is 397 g/mol. The summed E-state index contributed by atoms with van der Waals surface area (Å²) in [5, 5.41) is 10.5. The minimum atomic E-state index is -0.488. The fourth-order valence-electron chi connectivity index (χ4n) is 3.08. The van der Waals surface area contributed by atoms with E-state index < -0.39 is 5.97 Å². The number of H-pyrrole nitrogens is 1. The maximum absolute atomic E-state index is 12.8. The molecule has 1 fully saturated rings. The van der Waals surface area contributed by atoms with E-state index in [1.165, 1.54) is 19.5 Å². The molecule has 29 heavy (non-hydrogen) atoms. The third kappa shape index (κ3) is 4.16. The molecule has 1 N–H and O–H groups in total. The lowest BCUT2D eigenvalue weighted by atomic mass is 10.1. The summed E-state index contributed by atoms with van der Waals surface area (Å²) in [5.74, 6) is -0.160. The van der Waals surface area contributed by atoms with Gasteiger partial charge in [0.15, 0.2) is 0 Å². The van der Waals surface area contributed by atoms with Crippen molar-refractivity contribution in [2.45, 2.75) is 6.10 Å². The molecule has 150 valence electrons. The number of pyridine rings is 1. The first kappa shape index (κ1) is 18.8. The van der Waals surface area contributed by atoms with Gasteiger partial charge in [0.1, 0.15) is 29.5 Å². The molecule has 1 aromatic carbocycles. The molecule has 0 spiro atoms. The quantitative estimate of drug-likeness (QED) is 0.635. The minimum Gasteiger partial charge on any atom is -0.489 e. The second kappa shape index (κ2) is 8.23. The van der Waals surface area contributed by atoms with Gasteiger partial charge in [-0.3, -0.25) is 9.78 Å². The summed E-state index contributed by atoms with van der Waals surface area (Å²) >= 11 is 0. The summed E-state index contributed by atoms with van der Waals surface area (Å²) in [6, 6.07) is 6.76. The highest BCUT2D eigenvalue weighted by atomic mass is 16.5. The topological polar surface area (TPSA) is 120 Å². The normalized spacial score (nSPS) is 16.6. The van der Waals surface area contributed by atoms with Crippen molar-refractivity contribution in [3.05, 3.63) is 47.8 Å². The second-order valence-electron chi connectivity index (χ2n) is 6.48. The van der Waals surface area contributed by atoms with E-state index in [0.717, 1.165) is 0 Å². The number of esters is 1. The lowest BCUT2D eigenvalue weighted by molar-refractivity contribution is -0.0401. The van der Waals surface area contributed by atoms with Crippen LogP contribution in [0.4, 0.5) is 0 Å². The van der Waals surface area contributed by atoms with Gasteiger partial charge in [0.25, 0.3) is 5.91 Å². The highest BCUT2D eigenvalue weighted by molar-refractivity contribution is 5.97. The third-order valence-electron chi connectivity index (χ3n) is 4.56. The van der Waals surface area contributed by atoms with Gasteiger partial charge in [0.05, 0.1) is 32.0 Å². The van der Waals surface area contributed by atoms with Crippen LogP contribution in [-0.4, -0.2) is 76.7 Å². The van der Waals surface area contributed by atoms with E-state index in [4.69, 9.17) is 9.47 Å². The van der Waals surface area contributed by atoms with Gasteiger partial charge in [-0.25, -0.2) is 4.79 Å².